The fourth-order valence-electron chi connectivity index (χ4n) is 2.64. The van der Waals surface area contributed by atoms with Crippen LogP contribution in [0.5, 0.6) is 0 Å². The molecule has 1 aliphatic heterocycles. The number of nitrogens with two attached hydrogens (primary N) is 1. The van der Waals surface area contributed by atoms with Crippen molar-refractivity contribution in [1.82, 2.24) is 4.90 Å². The molecular weight excluding hydrogens is 241 g/mol. The maximum atomic E-state index is 13.9. The van der Waals surface area contributed by atoms with Crippen LogP contribution in [0.4, 0.5) is 4.39 Å². The predicted molar refractivity (Wildman–Crippen MR) is 75.7 cm³/mol. The predicted octanol–water partition coefficient (Wildman–Crippen LogP) is 2.73. The topological polar surface area (TPSA) is 53.1 Å². The second-order valence-electron chi connectivity index (χ2n) is 5.35. The number of halogens is 1. The van der Waals surface area contributed by atoms with Gasteiger partial charge in [-0.25, -0.2) is 4.39 Å². The van der Waals surface area contributed by atoms with Gasteiger partial charge in [-0.2, -0.15) is 0 Å². The van der Waals surface area contributed by atoms with E-state index in [1.54, 1.807) is 12.1 Å². The first kappa shape index (κ1) is 14.0. The molecule has 0 atom stereocenters. The molecule has 0 saturated carbocycles. The van der Waals surface area contributed by atoms with Gasteiger partial charge >= 0.3 is 0 Å². The molecule has 3 nitrogen and oxygen atoms in total. The Balaban J connectivity index is 1.98. The van der Waals surface area contributed by atoms with Gasteiger partial charge in [-0.3, -0.25) is 10.3 Å². The zero-order chi connectivity index (χ0) is 13.8. The van der Waals surface area contributed by atoms with Crippen LogP contribution in [0.15, 0.2) is 18.2 Å². The summed E-state index contributed by atoms with van der Waals surface area (Å²) in [5.74, 6) is 0.487. The summed E-state index contributed by atoms with van der Waals surface area (Å²) in [6, 6.07) is 4.83. The van der Waals surface area contributed by atoms with Crippen molar-refractivity contribution < 1.29 is 4.39 Å². The number of hydrogen-bond donors (Lipinski definition) is 2. The molecule has 1 aliphatic rings. The molecule has 0 unspecified atom stereocenters. The minimum absolute atomic E-state index is 0.0887. The van der Waals surface area contributed by atoms with Crippen LogP contribution in [0.1, 0.15) is 37.3 Å². The summed E-state index contributed by atoms with van der Waals surface area (Å²) in [5.41, 5.74) is 6.50. The van der Waals surface area contributed by atoms with Gasteiger partial charge < -0.3 is 5.73 Å². The van der Waals surface area contributed by atoms with Gasteiger partial charge in [0.2, 0.25) is 0 Å². The van der Waals surface area contributed by atoms with E-state index in [9.17, 15) is 4.39 Å². The third-order valence-corrected chi connectivity index (χ3v) is 4.04. The van der Waals surface area contributed by atoms with Crippen LogP contribution in [-0.4, -0.2) is 23.8 Å². The molecule has 19 heavy (non-hydrogen) atoms. The molecule has 1 aromatic rings. The van der Waals surface area contributed by atoms with Crippen LogP contribution in [-0.2, 0) is 6.54 Å². The number of benzene rings is 1. The number of likely N-dealkylation sites (tertiary alicyclic amines) is 1. The van der Waals surface area contributed by atoms with E-state index in [1.165, 1.54) is 25.3 Å². The van der Waals surface area contributed by atoms with Gasteiger partial charge in [-0.1, -0.05) is 25.5 Å². The van der Waals surface area contributed by atoms with Gasteiger partial charge in [0.15, 0.2) is 0 Å². The quantitative estimate of drug-likeness (QED) is 0.648. The van der Waals surface area contributed by atoms with Crippen molar-refractivity contribution in [2.24, 2.45) is 11.7 Å². The number of amidine groups is 1. The number of rotatable bonds is 4. The first-order chi connectivity index (χ1) is 9.10. The third-order valence-electron chi connectivity index (χ3n) is 4.04. The molecule has 1 fully saturated rings. The molecule has 2 rings (SSSR count). The van der Waals surface area contributed by atoms with Crippen LogP contribution < -0.4 is 5.73 Å². The molecule has 0 aliphatic carbocycles. The van der Waals surface area contributed by atoms with Crippen LogP contribution in [0.2, 0.25) is 0 Å². The highest BCUT2D eigenvalue weighted by atomic mass is 19.1. The van der Waals surface area contributed by atoms with Gasteiger partial charge in [0.25, 0.3) is 0 Å². The first-order valence-electron chi connectivity index (χ1n) is 6.95. The van der Waals surface area contributed by atoms with E-state index in [4.69, 9.17) is 11.1 Å². The Morgan fingerprint density at radius 2 is 2.11 bits per heavy atom. The summed E-state index contributed by atoms with van der Waals surface area (Å²) in [4.78, 5) is 2.30. The number of hydrogen-bond acceptors (Lipinski definition) is 2. The van der Waals surface area contributed by atoms with Crippen molar-refractivity contribution in [2.75, 3.05) is 13.1 Å². The number of piperidine rings is 1. The summed E-state index contributed by atoms with van der Waals surface area (Å²) >= 11 is 0. The van der Waals surface area contributed by atoms with Gasteiger partial charge in [0.1, 0.15) is 11.7 Å². The van der Waals surface area contributed by atoms with Crippen molar-refractivity contribution in [3.05, 3.63) is 35.1 Å². The smallest absolute Gasteiger partial charge is 0.128 e. The lowest BCUT2D eigenvalue weighted by Crippen LogP contribution is -2.33. The third kappa shape index (κ3) is 3.53. The summed E-state index contributed by atoms with van der Waals surface area (Å²) in [6.07, 6.45) is 3.67. The second-order valence-corrected chi connectivity index (χ2v) is 5.35. The lowest BCUT2D eigenvalue weighted by molar-refractivity contribution is 0.173. The van der Waals surface area contributed by atoms with Gasteiger partial charge in [0, 0.05) is 17.7 Å². The van der Waals surface area contributed by atoms with Crippen LogP contribution in [0.25, 0.3) is 0 Å². The normalized spacial score (nSPS) is 17.6. The molecule has 0 bridgehead atoms. The Morgan fingerprint density at radius 3 is 2.63 bits per heavy atom. The van der Waals surface area contributed by atoms with Gasteiger partial charge in [-0.15, -0.1) is 0 Å². The minimum atomic E-state index is -0.259. The maximum absolute atomic E-state index is 13.9. The average molecular weight is 263 g/mol. The number of nitrogens with zero attached hydrogens (tertiary/aromatic N) is 1. The largest absolute Gasteiger partial charge is 0.384 e. The fourth-order valence-corrected chi connectivity index (χ4v) is 2.64. The second kappa shape index (κ2) is 6.15. The molecule has 0 amide bonds. The average Bonchev–Trinajstić information content (AvgIpc) is 2.41. The summed E-state index contributed by atoms with van der Waals surface area (Å²) in [6.45, 7) is 4.99. The van der Waals surface area contributed by atoms with Crippen LogP contribution in [0, 0.1) is 17.1 Å². The molecule has 1 aromatic carbocycles. The van der Waals surface area contributed by atoms with Crippen molar-refractivity contribution in [3.63, 3.8) is 0 Å². The van der Waals surface area contributed by atoms with Crippen LogP contribution >= 0.6 is 0 Å². The highest BCUT2D eigenvalue weighted by Crippen LogP contribution is 2.22. The molecule has 3 N–H and O–H groups in total. The Bertz CT molecular complexity index is 451. The van der Waals surface area contributed by atoms with Crippen molar-refractivity contribution in [2.45, 2.75) is 32.7 Å². The molecule has 104 valence electrons. The maximum Gasteiger partial charge on any atom is 0.128 e. The molecule has 4 heteroatoms. The van der Waals surface area contributed by atoms with E-state index in [0.29, 0.717) is 17.7 Å². The zero-order valence-corrected chi connectivity index (χ0v) is 11.5. The van der Waals surface area contributed by atoms with Gasteiger partial charge in [-0.05, 0) is 37.9 Å². The van der Waals surface area contributed by atoms with Crippen molar-refractivity contribution >= 4 is 5.84 Å². The van der Waals surface area contributed by atoms with E-state index in [0.717, 1.165) is 19.0 Å². The molecule has 0 radical (unpaired) electrons. The SMILES string of the molecule is CCC1CCN(Cc2ccc(C(=N)N)cc2F)CC1. The Hall–Kier alpha value is -1.42. The number of nitrogens with one attached hydrogen (secondary N) is 1. The number of nitrogen functional groups attached to an aromatic ring is 1. The zero-order valence-electron chi connectivity index (χ0n) is 11.5. The van der Waals surface area contributed by atoms with E-state index in [-0.39, 0.29) is 11.7 Å². The monoisotopic (exact) mass is 263 g/mol. The molecule has 0 aromatic heterocycles. The van der Waals surface area contributed by atoms with E-state index in [1.807, 2.05) is 0 Å². The molecule has 1 saturated heterocycles. The Morgan fingerprint density at radius 1 is 1.42 bits per heavy atom. The summed E-state index contributed by atoms with van der Waals surface area (Å²) in [7, 11) is 0. The van der Waals surface area contributed by atoms with Crippen LogP contribution in [0.3, 0.4) is 0 Å². The van der Waals surface area contributed by atoms with E-state index in [2.05, 4.69) is 11.8 Å². The van der Waals surface area contributed by atoms with Crippen molar-refractivity contribution in [1.29, 1.82) is 5.41 Å². The Labute approximate surface area is 114 Å². The summed E-state index contributed by atoms with van der Waals surface area (Å²) in [5, 5.41) is 7.30. The standard InChI is InChI=1S/C15H22FN3/c1-2-11-5-7-19(8-6-11)10-13-4-3-12(15(17)18)9-14(13)16/h3-4,9,11H,2,5-8,10H2,1H3,(H3,17,18). The summed E-state index contributed by atoms with van der Waals surface area (Å²) < 4.78 is 13.9. The lowest BCUT2D eigenvalue weighted by Gasteiger charge is -2.31. The van der Waals surface area contributed by atoms with E-state index < -0.39 is 0 Å². The fraction of sp³-hybridized carbons (Fsp3) is 0.533. The highest BCUT2D eigenvalue weighted by Gasteiger charge is 2.18. The Kier molecular flexibility index (Phi) is 4.53. The van der Waals surface area contributed by atoms with Gasteiger partial charge in [0.05, 0.1) is 0 Å². The van der Waals surface area contributed by atoms with Crippen molar-refractivity contribution in [3.8, 4) is 0 Å². The van der Waals surface area contributed by atoms with E-state index >= 15 is 0 Å². The molecule has 0 spiro atoms. The molecule has 1 heterocycles. The highest BCUT2D eigenvalue weighted by molar-refractivity contribution is 5.94. The molecular formula is C15H22FN3. The first-order valence-corrected chi connectivity index (χ1v) is 6.95. The minimum Gasteiger partial charge on any atom is -0.384 e. The lowest BCUT2D eigenvalue weighted by atomic mass is 9.94.